The van der Waals surface area contributed by atoms with Crippen LogP contribution < -0.4 is 5.73 Å². The average molecular weight is 260 g/mol. The van der Waals surface area contributed by atoms with Crippen molar-refractivity contribution in [2.24, 2.45) is 0 Å². The van der Waals surface area contributed by atoms with Gasteiger partial charge in [-0.2, -0.15) is 0 Å². The Morgan fingerprint density at radius 2 is 2.16 bits per heavy atom. The summed E-state index contributed by atoms with van der Waals surface area (Å²) in [6.07, 6.45) is 5.65. The molecular weight excluding hydrogens is 236 g/mol. The minimum Gasteiger partial charge on any atom is -0.399 e. The van der Waals surface area contributed by atoms with Crippen molar-refractivity contribution in [3.63, 3.8) is 0 Å². The van der Waals surface area contributed by atoms with Gasteiger partial charge < -0.3 is 10.5 Å². The van der Waals surface area contributed by atoms with Crippen molar-refractivity contribution in [1.29, 1.82) is 0 Å². The Morgan fingerprint density at radius 1 is 1.32 bits per heavy atom. The van der Waals surface area contributed by atoms with Crippen LogP contribution in [0.15, 0.2) is 18.2 Å². The van der Waals surface area contributed by atoms with Crippen LogP contribution in [0.25, 0.3) is 0 Å². The predicted molar refractivity (Wildman–Crippen MR) is 78.0 cm³/mol. The summed E-state index contributed by atoms with van der Waals surface area (Å²) in [7, 11) is 0. The Balaban J connectivity index is 1.76. The van der Waals surface area contributed by atoms with Gasteiger partial charge in [-0.05, 0) is 37.0 Å². The summed E-state index contributed by atoms with van der Waals surface area (Å²) in [6, 6.07) is 6.88. The molecule has 2 fully saturated rings. The molecule has 1 aliphatic heterocycles. The highest BCUT2D eigenvalue weighted by Crippen LogP contribution is 2.30. The SMILES string of the molecule is Cc1c(N)cccc1CN1CCOC2CCCCC21. The van der Waals surface area contributed by atoms with Crippen molar-refractivity contribution in [1.82, 2.24) is 4.90 Å². The minimum atomic E-state index is 0.462. The van der Waals surface area contributed by atoms with E-state index >= 15 is 0 Å². The van der Waals surface area contributed by atoms with Gasteiger partial charge in [0.15, 0.2) is 0 Å². The highest BCUT2D eigenvalue weighted by atomic mass is 16.5. The van der Waals surface area contributed by atoms with E-state index in [4.69, 9.17) is 10.5 Å². The van der Waals surface area contributed by atoms with Crippen molar-refractivity contribution in [2.45, 2.75) is 51.3 Å². The van der Waals surface area contributed by atoms with E-state index in [2.05, 4.69) is 24.0 Å². The number of anilines is 1. The van der Waals surface area contributed by atoms with Crippen LogP contribution in [0.2, 0.25) is 0 Å². The lowest BCUT2D eigenvalue weighted by molar-refractivity contribution is -0.0911. The average Bonchev–Trinajstić information content (AvgIpc) is 2.44. The summed E-state index contributed by atoms with van der Waals surface area (Å²) in [5.74, 6) is 0. The predicted octanol–water partition coefficient (Wildman–Crippen LogP) is 2.72. The monoisotopic (exact) mass is 260 g/mol. The molecule has 2 atom stereocenters. The van der Waals surface area contributed by atoms with Crippen LogP contribution in [-0.2, 0) is 11.3 Å². The van der Waals surface area contributed by atoms with Crippen molar-refractivity contribution in [2.75, 3.05) is 18.9 Å². The normalized spacial score (nSPS) is 28.1. The largest absolute Gasteiger partial charge is 0.399 e. The van der Waals surface area contributed by atoms with Crippen molar-refractivity contribution >= 4 is 5.69 Å². The summed E-state index contributed by atoms with van der Waals surface area (Å²) in [5.41, 5.74) is 9.53. The summed E-state index contributed by atoms with van der Waals surface area (Å²) < 4.78 is 5.94. The molecule has 0 aromatic heterocycles. The molecule has 1 saturated carbocycles. The van der Waals surface area contributed by atoms with Gasteiger partial charge in [0.2, 0.25) is 0 Å². The highest BCUT2D eigenvalue weighted by Gasteiger charge is 2.34. The number of fused-ring (bicyclic) bond motifs is 1. The van der Waals surface area contributed by atoms with Gasteiger partial charge in [-0.15, -0.1) is 0 Å². The van der Waals surface area contributed by atoms with Gasteiger partial charge >= 0.3 is 0 Å². The van der Waals surface area contributed by atoms with E-state index < -0.39 is 0 Å². The number of nitrogens with two attached hydrogens (primary N) is 1. The maximum atomic E-state index is 6.01. The quantitative estimate of drug-likeness (QED) is 0.831. The first kappa shape index (κ1) is 12.9. The smallest absolute Gasteiger partial charge is 0.0731 e. The van der Waals surface area contributed by atoms with Crippen LogP contribution in [-0.4, -0.2) is 30.2 Å². The summed E-state index contributed by atoms with van der Waals surface area (Å²) in [4.78, 5) is 2.61. The van der Waals surface area contributed by atoms with E-state index in [0.29, 0.717) is 12.1 Å². The fraction of sp³-hybridized carbons (Fsp3) is 0.625. The molecule has 1 aliphatic carbocycles. The van der Waals surface area contributed by atoms with Gasteiger partial charge in [-0.1, -0.05) is 25.0 Å². The Hall–Kier alpha value is -1.06. The van der Waals surface area contributed by atoms with Crippen LogP contribution in [0.1, 0.15) is 36.8 Å². The van der Waals surface area contributed by atoms with Crippen molar-refractivity contribution < 1.29 is 4.74 Å². The van der Waals surface area contributed by atoms with E-state index in [0.717, 1.165) is 25.4 Å². The molecule has 1 heterocycles. The molecule has 0 radical (unpaired) electrons. The maximum absolute atomic E-state index is 6.01. The van der Waals surface area contributed by atoms with Crippen LogP contribution in [0.3, 0.4) is 0 Å². The first-order chi connectivity index (χ1) is 9.25. The molecule has 0 amide bonds. The summed E-state index contributed by atoms with van der Waals surface area (Å²) in [5, 5.41) is 0. The Bertz CT molecular complexity index is 444. The second kappa shape index (κ2) is 5.51. The van der Waals surface area contributed by atoms with E-state index in [1.54, 1.807) is 0 Å². The molecule has 1 aromatic rings. The number of hydrogen-bond donors (Lipinski definition) is 1. The van der Waals surface area contributed by atoms with Gasteiger partial charge in [0.05, 0.1) is 12.7 Å². The molecule has 2 aliphatic rings. The molecule has 104 valence electrons. The van der Waals surface area contributed by atoms with Gasteiger partial charge in [0.1, 0.15) is 0 Å². The van der Waals surface area contributed by atoms with Gasteiger partial charge in [0.25, 0.3) is 0 Å². The zero-order valence-electron chi connectivity index (χ0n) is 11.8. The number of nitrogen functional groups attached to an aromatic ring is 1. The second-order valence-electron chi connectivity index (χ2n) is 5.86. The van der Waals surface area contributed by atoms with Crippen LogP contribution in [0.4, 0.5) is 5.69 Å². The molecule has 2 N–H and O–H groups in total. The molecular formula is C16H24N2O. The first-order valence-electron chi connectivity index (χ1n) is 7.45. The summed E-state index contributed by atoms with van der Waals surface area (Å²) in [6.45, 7) is 5.07. The number of morpholine rings is 1. The number of hydrogen-bond acceptors (Lipinski definition) is 3. The molecule has 2 unspecified atom stereocenters. The highest BCUT2D eigenvalue weighted by molar-refractivity contribution is 5.49. The Labute approximate surface area is 115 Å². The summed E-state index contributed by atoms with van der Waals surface area (Å²) >= 11 is 0. The third kappa shape index (κ3) is 2.63. The third-order valence-corrected chi connectivity index (χ3v) is 4.71. The van der Waals surface area contributed by atoms with E-state index in [1.165, 1.54) is 36.8 Å². The number of nitrogens with zero attached hydrogens (tertiary/aromatic N) is 1. The van der Waals surface area contributed by atoms with Crippen LogP contribution in [0.5, 0.6) is 0 Å². The molecule has 1 aromatic carbocycles. The fourth-order valence-electron chi connectivity index (χ4n) is 3.47. The van der Waals surface area contributed by atoms with Gasteiger partial charge in [-0.3, -0.25) is 4.90 Å². The van der Waals surface area contributed by atoms with Gasteiger partial charge in [-0.25, -0.2) is 0 Å². The van der Waals surface area contributed by atoms with E-state index in [1.807, 2.05) is 6.07 Å². The van der Waals surface area contributed by atoms with Gasteiger partial charge in [0, 0.05) is 24.8 Å². The molecule has 19 heavy (non-hydrogen) atoms. The number of rotatable bonds is 2. The van der Waals surface area contributed by atoms with Crippen molar-refractivity contribution in [3.05, 3.63) is 29.3 Å². The topological polar surface area (TPSA) is 38.5 Å². The number of benzene rings is 1. The number of ether oxygens (including phenoxy) is 1. The second-order valence-corrected chi connectivity index (χ2v) is 5.86. The molecule has 1 saturated heterocycles. The zero-order chi connectivity index (χ0) is 13.2. The molecule has 0 spiro atoms. The first-order valence-corrected chi connectivity index (χ1v) is 7.45. The van der Waals surface area contributed by atoms with E-state index in [9.17, 15) is 0 Å². The fourth-order valence-corrected chi connectivity index (χ4v) is 3.47. The zero-order valence-corrected chi connectivity index (χ0v) is 11.8. The van der Waals surface area contributed by atoms with E-state index in [-0.39, 0.29) is 0 Å². The molecule has 0 bridgehead atoms. The Morgan fingerprint density at radius 3 is 3.05 bits per heavy atom. The molecule has 3 rings (SSSR count). The maximum Gasteiger partial charge on any atom is 0.0731 e. The lowest BCUT2D eigenvalue weighted by atomic mass is 9.89. The Kier molecular flexibility index (Phi) is 3.76. The molecule has 3 heteroatoms. The van der Waals surface area contributed by atoms with Crippen molar-refractivity contribution in [3.8, 4) is 0 Å². The van der Waals surface area contributed by atoms with Crippen LogP contribution in [0, 0.1) is 6.92 Å². The minimum absolute atomic E-state index is 0.462. The third-order valence-electron chi connectivity index (χ3n) is 4.71. The van der Waals surface area contributed by atoms with Crippen LogP contribution >= 0.6 is 0 Å². The standard InChI is InChI=1S/C16H24N2O/c1-12-13(5-4-6-14(12)17)11-18-9-10-19-16-8-3-2-7-15(16)18/h4-6,15-16H,2-3,7-11,17H2,1H3. The lowest BCUT2D eigenvalue weighted by Crippen LogP contribution is -2.52. The molecule has 3 nitrogen and oxygen atoms in total. The lowest BCUT2D eigenvalue weighted by Gasteiger charge is -2.44.